The molecule has 0 atom stereocenters. The molecule has 0 spiro atoms. The summed E-state index contributed by atoms with van der Waals surface area (Å²) in [6.07, 6.45) is 3.28. The quantitative estimate of drug-likeness (QED) is 0.863. The van der Waals surface area contributed by atoms with Crippen molar-refractivity contribution >= 4 is 23.4 Å². The zero-order valence-corrected chi connectivity index (χ0v) is 13.1. The number of benzene rings is 1. The minimum Gasteiger partial charge on any atom is -0.397 e. The van der Waals surface area contributed by atoms with E-state index < -0.39 is 0 Å². The summed E-state index contributed by atoms with van der Waals surface area (Å²) >= 11 is 1.44. The maximum absolute atomic E-state index is 12.1. The van der Waals surface area contributed by atoms with Crippen LogP contribution in [0, 0.1) is 6.92 Å². The molecule has 1 aromatic heterocycles. The predicted octanol–water partition coefficient (Wildman–Crippen LogP) is 2.72. The topological polar surface area (TPSA) is 59.2 Å². The maximum Gasteiger partial charge on any atom is 0.232 e. The van der Waals surface area contributed by atoms with Crippen LogP contribution < -0.4 is 5.73 Å². The van der Waals surface area contributed by atoms with Gasteiger partial charge in [0.1, 0.15) is 0 Å². The normalized spacial score (nSPS) is 10.4. The Labute approximate surface area is 129 Å². The van der Waals surface area contributed by atoms with Gasteiger partial charge in [0, 0.05) is 24.7 Å². The second kappa shape index (κ2) is 7.13. The third-order valence-electron chi connectivity index (χ3n) is 3.13. The van der Waals surface area contributed by atoms with Crippen molar-refractivity contribution in [3.63, 3.8) is 0 Å². The van der Waals surface area contributed by atoms with Crippen LogP contribution in [0.5, 0.6) is 0 Å². The highest BCUT2D eigenvalue weighted by atomic mass is 32.2. The summed E-state index contributed by atoms with van der Waals surface area (Å²) in [4.78, 5) is 18.7. The smallest absolute Gasteiger partial charge is 0.232 e. The summed E-state index contributed by atoms with van der Waals surface area (Å²) < 4.78 is 0. The second-order valence-corrected chi connectivity index (χ2v) is 5.95. The Morgan fingerprint density at radius 1 is 1.29 bits per heavy atom. The molecule has 0 aliphatic carbocycles. The summed E-state index contributed by atoms with van der Waals surface area (Å²) in [6, 6.07) is 10.0. The van der Waals surface area contributed by atoms with Gasteiger partial charge in [0.25, 0.3) is 0 Å². The third-order valence-corrected chi connectivity index (χ3v) is 4.20. The first kappa shape index (κ1) is 15.4. The molecule has 1 heterocycles. The van der Waals surface area contributed by atoms with Crippen LogP contribution in [-0.4, -0.2) is 28.6 Å². The van der Waals surface area contributed by atoms with Crippen molar-refractivity contribution in [1.29, 1.82) is 0 Å². The number of nitrogens with two attached hydrogens (primary N) is 1. The number of nitrogen functional groups attached to an aromatic ring is 1. The molecule has 0 saturated carbocycles. The fourth-order valence-corrected chi connectivity index (χ4v) is 2.71. The Hall–Kier alpha value is -2.01. The largest absolute Gasteiger partial charge is 0.397 e. The van der Waals surface area contributed by atoms with E-state index in [0.29, 0.717) is 18.0 Å². The average molecular weight is 301 g/mol. The molecule has 0 fully saturated rings. The Kier molecular flexibility index (Phi) is 5.22. The lowest BCUT2D eigenvalue weighted by atomic mass is 10.1. The highest BCUT2D eigenvalue weighted by Crippen LogP contribution is 2.23. The summed E-state index contributed by atoms with van der Waals surface area (Å²) in [5.74, 6) is 0.452. The van der Waals surface area contributed by atoms with E-state index in [4.69, 9.17) is 5.73 Å². The molecule has 1 amide bonds. The number of anilines is 1. The van der Waals surface area contributed by atoms with Crippen molar-refractivity contribution in [2.75, 3.05) is 18.5 Å². The van der Waals surface area contributed by atoms with Gasteiger partial charge in [-0.2, -0.15) is 0 Å². The van der Waals surface area contributed by atoms with Crippen molar-refractivity contribution in [2.24, 2.45) is 0 Å². The molecule has 0 unspecified atom stereocenters. The Balaban J connectivity index is 1.88. The fourth-order valence-electron chi connectivity index (χ4n) is 1.83. The molecule has 0 aliphatic rings. The van der Waals surface area contributed by atoms with Crippen molar-refractivity contribution in [1.82, 2.24) is 9.88 Å². The monoisotopic (exact) mass is 301 g/mol. The van der Waals surface area contributed by atoms with Gasteiger partial charge >= 0.3 is 0 Å². The van der Waals surface area contributed by atoms with Crippen LogP contribution in [0.2, 0.25) is 0 Å². The van der Waals surface area contributed by atoms with Gasteiger partial charge in [-0.25, -0.2) is 0 Å². The van der Waals surface area contributed by atoms with E-state index in [1.165, 1.54) is 17.3 Å². The van der Waals surface area contributed by atoms with Crippen LogP contribution >= 0.6 is 11.8 Å². The van der Waals surface area contributed by atoms with E-state index in [1.54, 1.807) is 17.3 Å². The molecular formula is C16H19N3OS. The number of rotatable bonds is 5. The number of hydrogen-bond acceptors (Lipinski definition) is 4. The molecule has 21 heavy (non-hydrogen) atoms. The number of carbonyl (C=O) groups is 1. The molecule has 0 bridgehead atoms. The third kappa shape index (κ3) is 4.49. The highest BCUT2D eigenvalue weighted by molar-refractivity contribution is 8.00. The first-order chi connectivity index (χ1) is 10.1. The van der Waals surface area contributed by atoms with Crippen molar-refractivity contribution in [3.8, 4) is 0 Å². The lowest BCUT2D eigenvalue weighted by molar-refractivity contribution is -0.127. The number of aromatic nitrogens is 1. The maximum atomic E-state index is 12.1. The average Bonchev–Trinajstić information content (AvgIpc) is 2.48. The predicted molar refractivity (Wildman–Crippen MR) is 87.0 cm³/mol. The molecule has 2 rings (SSSR count). The van der Waals surface area contributed by atoms with Gasteiger partial charge in [0.15, 0.2) is 0 Å². The van der Waals surface area contributed by atoms with Crippen LogP contribution in [0.15, 0.2) is 47.6 Å². The summed E-state index contributed by atoms with van der Waals surface area (Å²) in [6.45, 7) is 2.67. The minimum atomic E-state index is 0.0804. The summed E-state index contributed by atoms with van der Waals surface area (Å²) in [5.41, 5.74) is 8.77. The van der Waals surface area contributed by atoms with Gasteiger partial charge in [-0.3, -0.25) is 9.78 Å². The van der Waals surface area contributed by atoms with E-state index in [2.05, 4.69) is 24.0 Å². The van der Waals surface area contributed by atoms with E-state index in [-0.39, 0.29) is 5.91 Å². The number of thioether (sulfide) groups is 1. The van der Waals surface area contributed by atoms with E-state index in [1.807, 2.05) is 25.2 Å². The molecule has 2 N–H and O–H groups in total. The number of amides is 1. The van der Waals surface area contributed by atoms with Gasteiger partial charge in [0.2, 0.25) is 5.91 Å². The van der Waals surface area contributed by atoms with Gasteiger partial charge in [-0.05, 0) is 18.6 Å². The lowest BCUT2D eigenvalue weighted by Gasteiger charge is -2.17. The van der Waals surface area contributed by atoms with E-state index in [0.717, 1.165) is 10.5 Å². The molecular weight excluding hydrogens is 282 g/mol. The lowest BCUT2D eigenvalue weighted by Crippen LogP contribution is -2.27. The zero-order valence-electron chi connectivity index (χ0n) is 12.2. The number of aryl methyl sites for hydroxylation is 1. The first-order valence-electron chi connectivity index (χ1n) is 6.68. The van der Waals surface area contributed by atoms with Crippen LogP contribution in [0.4, 0.5) is 5.69 Å². The summed E-state index contributed by atoms with van der Waals surface area (Å²) in [5, 5.41) is 0. The number of pyridine rings is 1. The fraction of sp³-hybridized carbons (Fsp3) is 0.250. The SMILES string of the molecule is Cc1ccc(CN(C)C(=O)CSc2ccncc2N)cc1. The van der Waals surface area contributed by atoms with Crippen molar-refractivity contribution < 1.29 is 4.79 Å². The number of nitrogens with zero attached hydrogens (tertiary/aromatic N) is 2. The Bertz CT molecular complexity index is 613. The van der Waals surface area contributed by atoms with Crippen molar-refractivity contribution in [3.05, 3.63) is 53.9 Å². The van der Waals surface area contributed by atoms with E-state index >= 15 is 0 Å². The molecule has 0 aliphatic heterocycles. The molecule has 1 aromatic carbocycles. The first-order valence-corrected chi connectivity index (χ1v) is 7.66. The Morgan fingerprint density at radius 3 is 2.67 bits per heavy atom. The molecule has 2 aromatic rings. The number of hydrogen-bond donors (Lipinski definition) is 1. The van der Waals surface area contributed by atoms with Gasteiger partial charge in [0.05, 0.1) is 17.6 Å². The van der Waals surface area contributed by atoms with E-state index in [9.17, 15) is 4.79 Å². The molecule has 5 heteroatoms. The minimum absolute atomic E-state index is 0.0804. The van der Waals surface area contributed by atoms with Crippen LogP contribution in [-0.2, 0) is 11.3 Å². The molecule has 4 nitrogen and oxygen atoms in total. The van der Waals surface area contributed by atoms with Crippen LogP contribution in [0.1, 0.15) is 11.1 Å². The van der Waals surface area contributed by atoms with Gasteiger partial charge in [-0.1, -0.05) is 29.8 Å². The number of carbonyl (C=O) groups excluding carboxylic acids is 1. The molecule has 0 radical (unpaired) electrons. The standard InChI is InChI=1S/C16H19N3OS/c1-12-3-5-13(6-4-12)10-19(2)16(20)11-21-15-7-8-18-9-14(15)17/h3-9H,10-11,17H2,1-2H3. The van der Waals surface area contributed by atoms with Crippen molar-refractivity contribution in [2.45, 2.75) is 18.4 Å². The zero-order chi connectivity index (χ0) is 15.2. The van der Waals surface area contributed by atoms with Crippen LogP contribution in [0.3, 0.4) is 0 Å². The summed E-state index contributed by atoms with van der Waals surface area (Å²) in [7, 11) is 1.82. The molecule has 110 valence electrons. The Morgan fingerprint density at radius 2 is 2.00 bits per heavy atom. The second-order valence-electron chi connectivity index (χ2n) is 4.94. The highest BCUT2D eigenvalue weighted by Gasteiger charge is 2.10. The van der Waals surface area contributed by atoms with Gasteiger partial charge in [-0.15, -0.1) is 11.8 Å². The van der Waals surface area contributed by atoms with Gasteiger partial charge < -0.3 is 10.6 Å². The molecule has 0 saturated heterocycles. The van der Waals surface area contributed by atoms with Crippen LogP contribution in [0.25, 0.3) is 0 Å².